The molecule has 136 valence electrons. The number of aldehydes is 1. The largest absolute Gasteiger partial charge is 0.360 e. The van der Waals surface area contributed by atoms with Gasteiger partial charge in [-0.3, -0.25) is 10.0 Å². The molecule has 2 aromatic rings. The number of carbonyl (C=O) groups excluding carboxylic acids is 2. The lowest BCUT2D eigenvalue weighted by molar-refractivity contribution is -0.117. The van der Waals surface area contributed by atoms with Crippen LogP contribution >= 0.6 is 0 Å². The van der Waals surface area contributed by atoms with Crippen LogP contribution in [0.5, 0.6) is 0 Å². The van der Waals surface area contributed by atoms with Gasteiger partial charge in [0.25, 0.3) is 5.91 Å². The molecule has 0 saturated heterocycles. The maximum atomic E-state index is 12.0. The lowest BCUT2D eigenvalue weighted by Gasteiger charge is -2.35. The van der Waals surface area contributed by atoms with Gasteiger partial charge in [-0.25, -0.2) is 10.5 Å². The second-order valence-corrected chi connectivity index (χ2v) is 6.94. The zero-order chi connectivity index (χ0) is 18.6. The van der Waals surface area contributed by atoms with E-state index in [0.717, 1.165) is 49.0 Å². The Hall–Kier alpha value is -2.73. The molecular formula is C20H23N3O3. The summed E-state index contributed by atoms with van der Waals surface area (Å²) in [4.78, 5) is 30.0. The van der Waals surface area contributed by atoms with Crippen molar-refractivity contribution in [1.29, 1.82) is 0 Å². The highest BCUT2D eigenvalue weighted by molar-refractivity contribution is 5.93. The molecule has 0 fully saturated rings. The Morgan fingerprint density at radius 3 is 2.88 bits per heavy atom. The fraction of sp³-hybridized carbons (Fsp3) is 0.350. The third kappa shape index (κ3) is 3.75. The molecule has 1 aromatic carbocycles. The number of aromatic nitrogens is 1. The number of rotatable bonds is 6. The number of fused-ring (bicyclic) bond motifs is 1. The van der Waals surface area contributed by atoms with E-state index < -0.39 is 11.3 Å². The maximum Gasteiger partial charge on any atom is 0.274 e. The zero-order valence-electron chi connectivity index (χ0n) is 14.8. The van der Waals surface area contributed by atoms with E-state index in [0.29, 0.717) is 12.0 Å². The average Bonchev–Trinajstić information content (AvgIpc) is 2.71. The predicted octanol–water partition coefficient (Wildman–Crippen LogP) is 2.40. The van der Waals surface area contributed by atoms with Crippen LogP contribution in [-0.4, -0.2) is 36.0 Å². The smallest absolute Gasteiger partial charge is 0.274 e. The van der Waals surface area contributed by atoms with Crippen LogP contribution in [0.1, 0.15) is 34.3 Å². The van der Waals surface area contributed by atoms with Crippen LogP contribution in [0, 0.1) is 5.41 Å². The van der Waals surface area contributed by atoms with Gasteiger partial charge in [0.1, 0.15) is 12.1 Å². The Kier molecular flexibility index (Phi) is 5.32. The molecule has 6 nitrogen and oxygen atoms in total. The molecule has 1 aromatic heterocycles. The van der Waals surface area contributed by atoms with E-state index in [1.54, 1.807) is 23.8 Å². The van der Waals surface area contributed by atoms with E-state index in [1.165, 1.54) is 0 Å². The highest BCUT2D eigenvalue weighted by Crippen LogP contribution is 2.37. The third-order valence-corrected chi connectivity index (χ3v) is 5.24. The van der Waals surface area contributed by atoms with Crippen LogP contribution in [0.15, 0.2) is 42.6 Å². The molecule has 0 unspecified atom stereocenters. The van der Waals surface area contributed by atoms with Crippen LogP contribution < -0.4 is 10.4 Å². The van der Waals surface area contributed by atoms with Crippen LogP contribution in [-0.2, 0) is 17.6 Å². The lowest BCUT2D eigenvalue weighted by atomic mass is 9.70. The Balaban J connectivity index is 1.74. The fourth-order valence-electron chi connectivity index (χ4n) is 3.55. The highest BCUT2D eigenvalue weighted by atomic mass is 16.5. The number of anilines is 1. The number of aryl methyl sites for hydroxylation is 1. The minimum atomic E-state index is -0.537. The highest BCUT2D eigenvalue weighted by Gasteiger charge is 2.34. The molecule has 2 N–H and O–H groups in total. The minimum Gasteiger partial charge on any atom is -0.360 e. The second-order valence-electron chi connectivity index (χ2n) is 6.94. The molecule has 0 saturated carbocycles. The first-order chi connectivity index (χ1) is 12.6. The number of hydroxylamine groups is 1. The van der Waals surface area contributed by atoms with Gasteiger partial charge in [0, 0.05) is 30.8 Å². The zero-order valence-corrected chi connectivity index (χ0v) is 14.8. The van der Waals surface area contributed by atoms with Crippen molar-refractivity contribution < 1.29 is 14.8 Å². The van der Waals surface area contributed by atoms with E-state index in [4.69, 9.17) is 5.21 Å². The van der Waals surface area contributed by atoms with Crippen molar-refractivity contribution in [3.63, 3.8) is 0 Å². The molecule has 1 atom stereocenters. The summed E-state index contributed by atoms with van der Waals surface area (Å²) in [5.74, 6) is 0.344. The van der Waals surface area contributed by atoms with E-state index in [-0.39, 0.29) is 0 Å². The number of carbonyl (C=O) groups is 2. The van der Waals surface area contributed by atoms with Crippen molar-refractivity contribution in [2.45, 2.75) is 25.7 Å². The molecule has 1 heterocycles. The van der Waals surface area contributed by atoms with Crippen molar-refractivity contribution >= 4 is 18.0 Å². The Morgan fingerprint density at radius 2 is 2.19 bits per heavy atom. The summed E-state index contributed by atoms with van der Waals surface area (Å²) >= 11 is 0. The van der Waals surface area contributed by atoms with Gasteiger partial charge in [0.2, 0.25) is 0 Å². The molecule has 26 heavy (non-hydrogen) atoms. The number of hydrogen-bond donors (Lipinski definition) is 2. The quantitative estimate of drug-likeness (QED) is 0.473. The summed E-state index contributed by atoms with van der Waals surface area (Å²) in [6.07, 6.45) is 5.76. The number of pyridine rings is 1. The van der Waals surface area contributed by atoms with Gasteiger partial charge in [-0.15, -0.1) is 0 Å². The number of hydrogen-bond acceptors (Lipinski definition) is 5. The molecule has 0 aliphatic heterocycles. The number of amides is 1. The van der Waals surface area contributed by atoms with Gasteiger partial charge >= 0.3 is 0 Å². The summed E-state index contributed by atoms with van der Waals surface area (Å²) in [7, 11) is 1.97. The molecule has 1 aliphatic rings. The van der Waals surface area contributed by atoms with Crippen LogP contribution in [0.2, 0.25) is 0 Å². The molecule has 0 spiro atoms. The molecule has 0 radical (unpaired) electrons. The van der Waals surface area contributed by atoms with Crippen LogP contribution in [0.3, 0.4) is 0 Å². The van der Waals surface area contributed by atoms with E-state index in [1.807, 2.05) is 31.3 Å². The van der Waals surface area contributed by atoms with E-state index >= 15 is 0 Å². The fourth-order valence-corrected chi connectivity index (χ4v) is 3.55. The summed E-state index contributed by atoms with van der Waals surface area (Å²) in [6.45, 7) is 0.724. The first-order valence-corrected chi connectivity index (χ1v) is 8.72. The monoisotopic (exact) mass is 353 g/mol. The molecule has 1 aliphatic carbocycles. The number of nitrogens with one attached hydrogen (secondary N) is 1. The van der Waals surface area contributed by atoms with Gasteiger partial charge in [0.15, 0.2) is 0 Å². The molecule has 1 amide bonds. The van der Waals surface area contributed by atoms with Gasteiger partial charge in [0.05, 0.1) is 0 Å². The van der Waals surface area contributed by atoms with Crippen molar-refractivity contribution in [2.75, 3.05) is 18.5 Å². The summed E-state index contributed by atoms with van der Waals surface area (Å²) in [5, 5.41) is 8.83. The van der Waals surface area contributed by atoms with E-state index in [9.17, 15) is 9.59 Å². The molecule has 6 heteroatoms. The lowest BCUT2D eigenvalue weighted by Crippen LogP contribution is -2.35. The van der Waals surface area contributed by atoms with Crippen molar-refractivity contribution in [1.82, 2.24) is 10.5 Å². The second kappa shape index (κ2) is 7.66. The van der Waals surface area contributed by atoms with Crippen molar-refractivity contribution in [3.05, 3.63) is 59.3 Å². The Morgan fingerprint density at radius 1 is 1.35 bits per heavy atom. The molecule has 0 bridgehead atoms. The van der Waals surface area contributed by atoms with Crippen LogP contribution in [0.4, 0.5) is 5.82 Å². The van der Waals surface area contributed by atoms with Gasteiger partial charge in [-0.1, -0.05) is 12.1 Å². The molecule has 3 rings (SSSR count). The SMILES string of the molecule is CN(CC[C@@]1(C=O)CCc2ccc(C(=O)NO)cc2C1)c1ccccn1. The van der Waals surface area contributed by atoms with E-state index in [2.05, 4.69) is 9.88 Å². The summed E-state index contributed by atoms with van der Waals surface area (Å²) < 4.78 is 0. The third-order valence-electron chi connectivity index (χ3n) is 5.24. The van der Waals surface area contributed by atoms with Gasteiger partial charge in [-0.05, 0) is 61.1 Å². The van der Waals surface area contributed by atoms with Crippen molar-refractivity contribution in [2.24, 2.45) is 5.41 Å². The first-order valence-electron chi connectivity index (χ1n) is 8.72. The van der Waals surface area contributed by atoms with Crippen LogP contribution in [0.25, 0.3) is 0 Å². The van der Waals surface area contributed by atoms with Gasteiger partial charge < -0.3 is 9.69 Å². The number of nitrogens with zero attached hydrogens (tertiary/aromatic N) is 2. The van der Waals surface area contributed by atoms with Crippen molar-refractivity contribution in [3.8, 4) is 0 Å². The predicted molar refractivity (Wildman–Crippen MR) is 98.3 cm³/mol. The first kappa shape index (κ1) is 18.1. The maximum absolute atomic E-state index is 12.0. The normalized spacial score (nSPS) is 18.7. The standard InChI is InChI=1S/C20H23N3O3/c1-23(18-4-2-3-10-21-18)11-9-20(14-24)8-7-15-5-6-16(19(25)22-26)12-17(15)13-20/h2-6,10,12,14,26H,7-9,11,13H2,1H3,(H,22,25)/t20-/m0/s1. The summed E-state index contributed by atoms with van der Waals surface area (Å²) in [6, 6.07) is 11.2. The topological polar surface area (TPSA) is 82.5 Å². The average molecular weight is 353 g/mol. The summed E-state index contributed by atoms with van der Waals surface area (Å²) in [5.41, 5.74) is 3.79. The number of benzene rings is 1. The minimum absolute atomic E-state index is 0.401. The Labute approximate surface area is 152 Å². The Bertz CT molecular complexity index is 794. The molecular weight excluding hydrogens is 330 g/mol. The van der Waals surface area contributed by atoms with Gasteiger partial charge in [-0.2, -0.15) is 0 Å².